The maximum Gasteiger partial charge on any atom is 0.123 e. The van der Waals surface area contributed by atoms with Gasteiger partial charge in [-0.25, -0.2) is 4.39 Å². The molecule has 14 heavy (non-hydrogen) atoms. The van der Waals surface area contributed by atoms with E-state index in [1.54, 1.807) is 19.2 Å². The number of hydrogen-bond acceptors (Lipinski definition) is 2. The van der Waals surface area contributed by atoms with Crippen LogP contribution in [-0.4, -0.2) is 25.2 Å². The smallest absolute Gasteiger partial charge is 0.123 e. The van der Waals surface area contributed by atoms with Crippen LogP contribution < -0.4 is 5.32 Å². The summed E-state index contributed by atoms with van der Waals surface area (Å²) < 4.78 is 17.4. The van der Waals surface area contributed by atoms with Crippen molar-refractivity contribution in [3.05, 3.63) is 35.6 Å². The topological polar surface area (TPSA) is 21.3 Å². The van der Waals surface area contributed by atoms with Crippen LogP contribution in [0.5, 0.6) is 0 Å². The number of methoxy groups -OCH3 is 1. The van der Waals surface area contributed by atoms with Gasteiger partial charge in [0.2, 0.25) is 0 Å². The summed E-state index contributed by atoms with van der Waals surface area (Å²) in [7, 11) is 1.63. The number of rotatable bonds is 4. The van der Waals surface area contributed by atoms with Crippen LogP contribution in [-0.2, 0) is 4.74 Å². The Balaban J connectivity index is 2.48. The number of ether oxygens (including phenoxy) is 1. The lowest BCUT2D eigenvalue weighted by Gasteiger charge is -2.06. The van der Waals surface area contributed by atoms with Crippen LogP contribution >= 0.6 is 12.2 Å². The molecule has 1 N–H and O–H groups in total. The minimum absolute atomic E-state index is 0.256. The summed E-state index contributed by atoms with van der Waals surface area (Å²) >= 11 is 5.09. The van der Waals surface area contributed by atoms with Crippen LogP contribution in [0.25, 0.3) is 0 Å². The molecule has 0 aromatic heterocycles. The van der Waals surface area contributed by atoms with E-state index in [0.717, 1.165) is 5.56 Å². The predicted octanol–water partition coefficient (Wildman–Crippen LogP) is 1.74. The quantitative estimate of drug-likeness (QED) is 0.608. The van der Waals surface area contributed by atoms with E-state index in [-0.39, 0.29) is 5.82 Å². The fraction of sp³-hybridized carbons (Fsp3) is 0.300. The molecule has 76 valence electrons. The first-order chi connectivity index (χ1) is 6.74. The highest BCUT2D eigenvalue weighted by Crippen LogP contribution is 2.02. The number of thiocarbonyl (C=S) groups is 1. The van der Waals surface area contributed by atoms with Gasteiger partial charge in [-0.05, 0) is 24.3 Å². The Bertz CT molecular complexity index is 299. The molecular formula is C10H12FNOS. The van der Waals surface area contributed by atoms with Crippen LogP contribution in [0, 0.1) is 5.82 Å². The SMILES string of the molecule is COCCNC(=S)c1ccc(F)cc1. The van der Waals surface area contributed by atoms with Crippen molar-refractivity contribution in [3.63, 3.8) is 0 Å². The first-order valence-electron chi connectivity index (χ1n) is 4.26. The summed E-state index contributed by atoms with van der Waals surface area (Å²) in [6, 6.07) is 6.08. The molecule has 0 saturated heterocycles. The fourth-order valence-corrected chi connectivity index (χ4v) is 1.21. The Kier molecular flexibility index (Phi) is 4.49. The monoisotopic (exact) mass is 213 g/mol. The van der Waals surface area contributed by atoms with Crippen LogP contribution in [0.2, 0.25) is 0 Å². The zero-order valence-electron chi connectivity index (χ0n) is 7.92. The van der Waals surface area contributed by atoms with E-state index in [0.29, 0.717) is 18.1 Å². The minimum atomic E-state index is -0.256. The standard InChI is InChI=1S/C10H12FNOS/c1-13-7-6-12-10(14)8-2-4-9(11)5-3-8/h2-5H,6-7H2,1H3,(H,12,14). The van der Waals surface area contributed by atoms with Gasteiger partial charge in [-0.1, -0.05) is 12.2 Å². The molecule has 0 amide bonds. The Morgan fingerprint density at radius 2 is 2.07 bits per heavy atom. The van der Waals surface area contributed by atoms with Gasteiger partial charge in [0.25, 0.3) is 0 Å². The number of benzene rings is 1. The number of hydrogen-bond donors (Lipinski definition) is 1. The van der Waals surface area contributed by atoms with Gasteiger partial charge < -0.3 is 10.1 Å². The highest BCUT2D eigenvalue weighted by molar-refractivity contribution is 7.80. The van der Waals surface area contributed by atoms with E-state index < -0.39 is 0 Å². The van der Waals surface area contributed by atoms with Gasteiger partial charge in [-0.15, -0.1) is 0 Å². The fourth-order valence-electron chi connectivity index (χ4n) is 0.970. The van der Waals surface area contributed by atoms with Crippen LogP contribution in [0.3, 0.4) is 0 Å². The molecule has 0 aliphatic rings. The molecule has 2 nitrogen and oxygen atoms in total. The van der Waals surface area contributed by atoms with Crippen molar-refractivity contribution < 1.29 is 9.13 Å². The third-order valence-corrected chi connectivity index (χ3v) is 2.08. The van der Waals surface area contributed by atoms with Gasteiger partial charge in [0.1, 0.15) is 10.8 Å². The van der Waals surface area contributed by atoms with Gasteiger partial charge in [0, 0.05) is 19.2 Å². The Hall–Kier alpha value is -1.00. The van der Waals surface area contributed by atoms with Crippen molar-refractivity contribution in [1.82, 2.24) is 5.32 Å². The molecule has 1 aromatic carbocycles. The summed E-state index contributed by atoms with van der Waals surface area (Å²) in [5.74, 6) is -0.256. The summed E-state index contributed by atoms with van der Waals surface area (Å²) in [6.45, 7) is 1.26. The molecule has 0 unspecified atom stereocenters. The second-order valence-corrected chi connectivity index (χ2v) is 3.16. The summed E-state index contributed by atoms with van der Waals surface area (Å²) in [6.07, 6.45) is 0. The molecule has 0 fully saturated rings. The molecule has 0 aliphatic carbocycles. The molecule has 0 spiro atoms. The highest BCUT2D eigenvalue weighted by Gasteiger charge is 1.99. The molecule has 0 atom stereocenters. The molecule has 0 radical (unpaired) electrons. The second-order valence-electron chi connectivity index (χ2n) is 2.76. The van der Waals surface area contributed by atoms with Crippen molar-refractivity contribution in [2.45, 2.75) is 0 Å². The maximum atomic E-state index is 12.6. The molecule has 1 rings (SSSR count). The van der Waals surface area contributed by atoms with Crippen molar-refractivity contribution in [1.29, 1.82) is 0 Å². The molecule has 1 aromatic rings. The van der Waals surface area contributed by atoms with E-state index >= 15 is 0 Å². The van der Waals surface area contributed by atoms with E-state index in [1.165, 1.54) is 12.1 Å². The largest absolute Gasteiger partial charge is 0.383 e. The van der Waals surface area contributed by atoms with E-state index in [4.69, 9.17) is 17.0 Å². The molecule has 0 bridgehead atoms. The van der Waals surface area contributed by atoms with Crippen LogP contribution in [0.1, 0.15) is 5.56 Å². The maximum absolute atomic E-state index is 12.6. The normalized spacial score (nSPS) is 9.86. The Labute approximate surface area is 88.1 Å². The molecule has 0 aliphatic heterocycles. The molecule has 4 heteroatoms. The first-order valence-corrected chi connectivity index (χ1v) is 4.67. The van der Waals surface area contributed by atoms with Gasteiger partial charge in [0.05, 0.1) is 6.61 Å². The second kappa shape index (κ2) is 5.67. The molecule has 0 saturated carbocycles. The van der Waals surface area contributed by atoms with E-state index in [9.17, 15) is 4.39 Å². The third kappa shape index (κ3) is 3.40. The number of halogens is 1. The lowest BCUT2D eigenvalue weighted by Crippen LogP contribution is -2.25. The average molecular weight is 213 g/mol. The summed E-state index contributed by atoms with van der Waals surface area (Å²) in [5.41, 5.74) is 0.817. The predicted molar refractivity (Wildman–Crippen MR) is 58.0 cm³/mol. The third-order valence-electron chi connectivity index (χ3n) is 1.70. The lowest BCUT2D eigenvalue weighted by molar-refractivity contribution is 0.204. The first kappa shape index (κ1) is 11.1. The summed E-state index contributed by atoms with van der Waals surface area (Å²) in [5, 5.41) is 3.00. The van der Waals surface area contributed by atoms with E-state index in [2.05, 4.69) is 5.32 Å². The van der Waals surface area contributed by atoms with Crippen molar-refractivity contribution in [2.75, 3.05) is 20.3 Å². The van der Waals surface area contributed by atoms with Gasteiger partial charge in [-0.2, -0.15) is 0 Å². The van der Waals surface area contributed by atoms with Crippen LogP contribution in [0.15, 0.2) is 24.3 Å². The van der Waals surface area contributed by atoms with Gasteiger partial charge in [-0.3, -0.25) is 0 Å². The van der Waals surface area contributed by atoms with Crippen molar-refractivity contribution >= 4 is 17.2 Å². The average Bonchev–Trinajstić information content (AvgIpc) is 2.19. The zero-order valence-corrected chi connectivity index (χ0v) is 8.73. The Morgan fingerprint density at radius 3 is 2.64 bits per heavy atom. The van der Waals surface area contributed by atoms with Crippen molar-refractivity contribution in [3.8, 4) is 0 Å². The van der Waals surface area contributed by atoms with Crippen LogP contribution in [0.4, 0.5) is 4.39 Å². The number of nitrogens with one attached hydrogen (secondary N) is 1. The minimum Gasteiger partial charge on any atom is -0.383 e. The lowest BCUT2D eigenvalue weighted by atomic mass is 10.2. The highest BCUT2D eigenvalue weighted by atomic mass is 32.1. The van der Waals surface area contributed by atoms with Gasteiger partial charge in [0.15, 0.2) is 0 Å². The Morgan fingerprint density at radius 1 is 1.43 bits per heavy atom. The van der Waals surface area contributed by atoms with E-state index in [1.807, 2.05) is 0 Å². The van der Waals surface area contributed by atoms with Gasteiger partial charge >= 0.3 is 0 Å². The summed E-state index contributed by atoms with van der Waals surface area (Å²) in [4.78, 5) is 0.613. The van der Waals surface area contributed by atoms with Crippen molar-refractivity contribution in [2.24, 2.45) is 0 Å². The zero-order chi connectivity index (χ0) is 10.4. The molecule has 0 heterocycles. The molecular weight excluding hydrogens is 201 g/mol.